The maximum absolute atomic E-state index is 13.5. The van der Waals surface area contributed by atoms with Gasteiger partial charge in [0, 0.05) is 17.6 Å². The molecule has 0 heterocycles. The first-order valence-corrected chi connectivity index (χ1v) is 6.63. The second-order valence-corrected chi connectivity index (χ2v) is 5.71. The molecular formula is C15H20FNO2. The van der Waals surface area contributed by atoms with Crippen molar-refractivity contribution in [2.75, 3.05) is 6.61 Å². The van der Waals surface area contributed by atoms with Crippen LogP contribution in [0.15, 0.2) is 24.3 Å². The Balaban J connectivity index is 1.79. The molecule has 104 valence electrons. The molecule has 1 fully saturated rings. The Morgan fingerprint density at radius 1 is 1.42 bits per heavy atom. The summed E-state index contributed by atoms with van der Waals surface area (Å²) in [6.45, 7) is 4.60. The largest absolute Gasteiger partial charge is 0.464 e. The van der Waals surface area contributed by atoms with Gasteiger partial charge in [0.25, 0.3) is 0 Å². The average molecular weight is 265 g/mol. The minimum atomic E-state index is -0.368. The van der Waals surface area contributed by atoms with Gasteiger partial charge in [0.15, 0.2) is 0 Å². The first-order valence-electron chi connectivity index (χ1n) is 6.63. The van der Waals surface area contributed by atoms with E-state index in [1.165, 1.54) is 6.07 Å². The van der Waals surface area contributed by atoms with E-state index in [0.29, 0.717) is 18.7 Å². The van der Waals surface area contributed by atoms with E-state index in [2.05, 4.69) is 5.32 Å². The molecule has 0 radical (unpaired) electrons. The highest BCUT2D eigenvalue weighted by Gasteiger charge is 2.32. The highest BCUT2D eigenvalue weighted by atomic mass is 19.1. The zero-order valence-corrected chi connectivity index (χ0v) is 11.4. The number of nitrogens with one attached hydrogen (secondary N) is 1. The van der Waals surface area contributed by atoms with Crippen LogP contribution in [0.2, 0.25) is 0 Å². The molecule has 1 saturated carbocycles. The van der Waals surface area contributed by atoms with Crippen LogP contribution in [0, 0.1) is 11.7 Å². The summed E-state index contributed by atoms with van der Waals surface area (Å²) in [6, 6.07) is 6.66. The third-order valence-electron chi connectivity index (χ3n) is 3.20. The first-order chi connectivity index (χ1) is 8.98. The lowest BCUT2D eigenvalue weighted by atomic mass is 10.1. The number of benzene rings is 1. The Morgan fingerprint density at radius 2 is 2.11 bits per heavy atom. The third kappa shape index (κ3) is 4.31. The van der Waals surface area contributed by atoms with Crippen molar-refractivity contribution < 1.29 is 13.9 Å². The fraction of sp³-hybridized carbons (Fsp3) is 0.533. The molecule has 19 heavy (non-hydrogen) atoms. The molecule has 0 atom stereocenters. The maximum Gasteiger partial charge on any atom is 0.308 e. The number of carbonyl (C=O) groups excluding carboxylic acids is 1. The monoisotopic (exact) mass is 265 g/mol. The lowest BCUT2D eigenvalue weighted by Crippen LogP contribution is -2.43. The van der Waals surface area contributed by atoms with Crippen LogP contribution in [-0.2, 0) is 16.1 Å². The number of halogens is 1. The molecule has 0 bridgehead atoms. The number of esters is 1. The van der Waals surface area contributed by atoms with Gasteiger partial charge in [0.1, 0.15) is 12.4 Å². The van der Waals surface area contributed by atoms with Gasteiger partial charge in [-0.2, -0.15) is 0 Å². The Morgan fingerprint density at radius 3 is 2.74 bits per heavy atom. The SMILES string of the molecule is CC(C)(COC(=O)C1CC1)NCc1ccccc1F. The predicted molar refractivity (Wildman–Crippen MR) is 71.0 cm³/mol. The van der Waals surface area contributed by atoms with Crippen LogP contribution < -0.4 is 5.32 Å². The number of ether oxygens (including phenoxy) is 1. The first kappa shape index (κ1) is 14.0. The van der Waals surface area contributed by atoms with E-state index in [1.54, 1.807) is 18.2 Å². The summed E-state index contributed by atoms with van der Waals surface area (Å²) in [5, 5.41) is 3.21. The smallest absolute Gasteiger partial charge is 0.308 e. The molecule has 0 unspecified atom stereocenters. The number of carbonyl (C=O) groups is 1. The molecule has 0 aliphatic heterocycles. The van der Waals surface area contributed by atoms with Crippen LogP contribution in [0.3, 0.4) is 0 Å². The van der Waals surface area contributed by atoms with E-state index in [4.69, 9.17) is 4.74 Å². The van der Waals surface area contributed by atoms with Crippen molar-refractivity contribution in [1.82, 2.24) is 5.32 Å². The Labute approximate surface area is 113 Å². The lowest BCUT2D eigenvalue weighted by Gasteiger charge is -2.26. The fourth-order valence-corrected chi connectivity index (χ4v) is 1.72. The molecule has 1 aliphatic rings. The van der Waals surface area contributed by atoms with Crippen molar-refractivity contribution >= 4 is 5.97 Å². The average Bonchev–Trinajstić information content (AvgIpc) is 3.19. The van der Waals surface area contributed by atoms with Gasteiger partial charge < -0.3 is 10.1 Å². The van der Waals surface area contributed by atoms with Gasteiger partial charge in [-0.15, -0.1) is 0 Å². The molecule has 0 spiro atoms. The van der Waals surface area contributed by atoms with E-state index in [0.717, 1.165) is 12.8 Å². The summed E-state index contributed by atoms with van der Waals surface area (Å²) < 4.78 is 18.7. The van der Waals surface area contributed by atoms with Gasteiger partial charge in [-0.1, -0.05) is 18.2 Å². The van der Waals surface area contributed by atoms with Crippen LogP contribution >= 0.6 is 0 Å². The van der Waals surface area contributed by atoms with Crippen molar-refractivity contribution in [2.45, 2.75) is 38.8 Å². The van der Waals surface area contributed by atoms with Gasteiger partial charge in [-0.25, -0.2) is 4.39 Å². The van der Waals surface area contributed by atoms with Gasteiger partial charge in [-0.3, -0.25) is 4.79 Å². The quantitative estimate of drug-likeness (QED) is 0.804. The highest BCUT2D eigenvalue weighted by molar-refractivity contribution is 5.74. The van der Waals surface area contributed by atoms with Crippen LogP contribution in [0.25, 0.3) is 0 Å². The van der Waals surface area contributed by atoms with Crippen molar-refractivity contribution in [1.29, 1.82) is 0 Å². The number of rotatable bonds is 6. The van der Waals surface area contributed by atoms with Crippen LogP contribution in [0.4, 0.5) is 4.39 Å². The van der Waals surface area contributed by atoms with Crippen molar-refractivity contribution in [2.24, 2.45) is 5.92 Å². The van der Waals surface area contributed by atoms with Gasteiger partial charge in [-0.05, 0) is 32.8 Å². The molecule has 3 nitrogen and oxygen atoms in total. The van der Waals surface area contributed by atoms with Crippen molar-refractivity contribution in [3.05, 3.63) is 35.6 Å². The zero-order valence-electron chi connectivity index (χ0n) is 11.4. The Hall–Kier alpha value is -1.42. The summed E-state index contributed by atoms with van der Waals surface area (Å²) in [6.07, 6.45) is 1.89. The van der Waals surface area contributed by atoms with Gasteiger partial charge in [0.05, 0.1) is 5.92 Å². The summed E-state index contributed by atoms with van der Waals surface area (Å²) in [5.41, 5.74) is 0.247. The molecule has 4 heteroatoms. The fourth-order valence-electron chi connectivity index (χ4n) is 1.72. The number of hydrogen-bond acceptors (Lipinski definition) is 3. The molecule has 1 aromatic carbocycles. The normalized spacial score (nSPS) is 15.3. The van der Waals surface area contributed by atoms with Gasteiger partial charge in [0.2, 0.25) is 0 Å². The van der Waals surface area contributed by atoms with Crippen LogP contribution in [0.1, 0.15) is 32.3 Å². The maximum atomic E-state index is 13.5. The van der Waals surface area contributed by atoms with E-state index in [1.807, 2.05) is 13.8 Å². The predicted octanol–water partition coefficient (Wildman–Crippen LogP) is 2.65. The highest BCUT2D eigenvalue weighted by Crippen LogP contribution is 2.30. The third-order valence-corrected chi connectivity index (χ3v) is 3.20. The summed E-state index contributed by atoms with van der Waals surface area (Å²) in [4.78, 5) is 11.5. The van der Waals surface area contributed by atoms with Crippen LogP contribution in [0.5, 0.6) is 0 Å². The summed E-state index contributed by atoms with van der Waals surface area (Å²) in [5.74, 6) is -0.219. The minimum Gasteiger partial charge on any atom is -0.464 e. The lowest BCUT2D eigenvalue weighted by molar-refractivity contribution is -0.147. The standard InChI is InChI=1S/C15H20FNO2/c1-15(2,10-19-14(18)11-7-8-11)17-9-12-5-3-4-6-13(12)16/h3-6,11,17H,7-10H2,1-2H3. The second kappa shape index (κ2) is 5.70. The molecule has 0 aromatic heterocycles. The van der Waals surface area contributed by atoms with E-state index >= 15 is 0 Å². The molecule has 0 saturated heterocycles. The van der Waals surface area contributed by atoms with Crippen molar-refractivity contribution in [3.63, 3.8) is 0 Å². The molecule has 2 rings (SSSR count). The zero-order chi connectivity index (χ0) is 13.9. The minimum absolute atomic E-state index is 0.110. The number of hydrogen-bond donors (Lipinski definition) is 1. The van der Waals surface area contributed by atoms with E-state index in [-0.39, 0.29) is 23.2 Å². The molecular weight excluding hydrogens is 245 g/mol. The summed E-state index contributed by atoms with van der Waals surface area (Å²) in [7, 11) is 0. The summed E-state index contributed by atoms with van der Waals surface area (Å²) >= 11 is 0. The van der Waals surface area contributed by atoms with E-state index < -0.39 is 0 Å². The second-order valence-electron chi connectivity index (χ2n) is 5.71. The Kier molecular flexibility index (Phi) is 4.20. The Bertz CT molecular complexity index is 455. The van der Waals surface area contributed by atoms with E-state index in [9.17, 15) is 9.18 Å². The molecule has 1 aromatic rings. The topological polar surface area (TPSA) is 38.3 Å². The van der Waals surface area contributed by atoms with Gasteiger partial charge >= 0.3 is 5.97 Å². The van der Waals surface area contributed by atoms with Crippen LogP contribution in [-0.4, -0.2) is 18.1 Å². The molecule has 1 aliphatic carbocycles. The molecule has 1 N–H and O–H groups in total. The van der Waals surface area contributed by atoms with Crippen molar-refractivity contribution in [3.8, 4) is 0 Å². The molecule has 0 amide bonds.